The van der Waals surface area contributed by atoms with Gasteiger partial charge in [0, 0.05) is 17.8 Å². The average Bonchev–Trinajstić information content (AvgIpc) is 3.22. The van der Waals surface area contributed by atoms with Gasteiger partial charge in [0.15, 0.2) is 0 Å². The number of carbonyl (C=O) groups is 2. The summed E-state index contributed by atoms with van der Waals surface area (Å²) in [5, 5.41) is 15.9. The molecule has 0 spiro atoms. The molecule has 0 aliphatic carbocycles. The Kier molecular flexibility index (Phi) is 6.11. The quantitative estimate of drug-likeness (QED) is 0.596. The molecule has 1 unspecified atom stereocenters. The number of hydrogen-bond donors (Lipinski definition) is 1. The molecule has 10 heteroatoms. The second-order valence-electron chi connectivity index (χ2n) is 8.04. The van der Waals surface area contributed by atoms with Gasteiger partial charge >= 0.3 is 6.18 Å². The number of rotatable bonds is 5. The number of benzene rings is 2. The van der Waals surface area contributed by atoms with Crippen molar-refractivity contribution < 1.29 is 22.8 Å². The van der Waals surface area contributed by atoms with Gasteiger partial charge in [0.2, 0.25) is 0 Å². The maximum absolute atomic E-state index is 13.4. The number of amides is 2. The molecule has 2 heterocycles. The van der Waals surface area contributed by atoms with E-state index in [1.54, 1.807) is 42.5 Å². The first-order valence-corrected chi connectivity index (χ1v) is 10.5. The second kappa shape index (κ2) is 9.02. The van der Waals surface area contributed by atoms with Crippen LogP contribution in [-0.2, 0) is 13.0 Å². The van der Waals surface area contributed by atoms with Crippen LogP contribution in [-0.4, -0.2) is 33.8 Å². The van der Waals surface area contributed by atoms with Crippen molar-refractivity contribution in [2.75, 3.05) is 10.2 Å². The number of aromatic nitrogens is 2. The summed E-state index contributed by atoms with van der Waals surface area (Å²) in [5.41, 5.74) is 2.03. The highest BCUT2D eigenvalue weighted by Gasteiger charge is 2.36. The Morgan fingerprint density at radius 2 is 1.97 bits per heavy atom. The van der Waals surface area contributed by atoms with Gasteiger partial charge in [0.05, 0.1) is 36.0 Å². The average molecular weight is 467 g/mol. The third-order valence-corrected chi connectivity index (χ3v) is 5.54. The lowest BCUT2D eigenvalue weighted by atomic mass is 10.1. The molecule has 1 aromatic heterocycles. The Hall–Kier alpha value is -4.13. The van der Waals surface area contributed by atoms with Gasteiger partial charge in [0.25, 0.3) is 11.8 Å². The number of alkyl halides is 3. The van der Waals surface area contributed by atoms with Crippen molar-refractivity contribution in [3.8, 4) is 6.07 Å². The zero-order chi connectivity index (χ0) is 24.5. The van der Waals surface area contributed by atoms with Gasteiger partial charge in [-0.25, -0.2) is 0 Å². The van der Waals surface area contributed by atoms with Crippen LogP contribution in [0.4, 0.5) is 24.5 Å². The molecule has 2 aromatic carbocycles. The van der Waals surface area contributed by atoms with Crippen LogP contribution in [0.3, 0.4) is 0 Å². The molecule has 3 aromatic rings. The van der Waals surface area contributed by atoms with Gasteiger partial charge in [-0.15, -0.1) is 0 Å². The minimum absolute atomic E-state index is 0.0889. The molecule has 0 saturated heterocycles. The lowest BCUT2D eigenvalue weighted by Gasteiger charge is -2.34. The monoisotopic (exact) mass is 467 g/mol. The standard InChI is InChI=1S/C24H20F3N5O2/c1-15-14-31-21(20(13-29-31)22(33)30-18-4-2-3-17(11-18)12-28)23(34)32(15)19-7-5-16(6-8-19)9-10-24(25,26)27/h2-8,11,13,15H,9-10,14H2,1H3,(H,30,33). The van der Waals surface area contributed by atoms with Gasteiger partial charge in [-0.1, -0.05) is 18.2 Å². The van der Waals surface area contributed by atoms with Crippen LogP contribution in [0.15, 0.2) is 54.7 Å². The highest BCUT2D eigenvalue weighted by atomic mass is 19.4. The molecule has 1 atom stereocenters. The zero-order valence-electron chi connectivity index (χ0n) is 18.1. The Morgan fingerprint density at radius 1 is 1.24 bits per heavy atom. The third-order valence-electron chi connectivity index (χ3n) is 5.54. The van der Waals surface area contributed by atoms with Crippen LogP contribution in [0.5, 0.6) is 0 Å². The summed E-state index contributed by atoms with van der Waals surface area (Å²) in [6.07, 6.45) is -3.97. The van der Waals surface area contributed by atoms with Gasteiger partial charge in [-0.05, 0) is 49.2 Å². The van der Waals surface area contributed by atoms with Crippen molar-refractivity contribution in [1.29, 1.82) is 5.26 Å². The van der Waals surface area contributed by atoms with Crippen molar-refractivity contribution in [2.45, 2.75) is 38.5 Å². The van der Waals surface area contributed by atoms with Crippen LogP contribution >= 0.6 is 0 Å². The minimum atomic E-state index is -4.23. The number of nitrogens with one attached hydrogen (secondary N) is 1. The molecule has 7 nitrogen and oxygen atoms in total. The summed E-state index contributed by atoms with van der Waals surface area (Å²) in [6, 6.07) is 14.5. The number of carbonyl (C=O) groups excluding carboxylic acids is 2. The van der Waals surface area contributed by atoms with Crippen LogP contribution < -0.4 is 10.2 Å². The van der Waals surface area contributed by atoms with Crippen LogP contribution in [0, 0.1) is 11.3 Å². The first-order chi connectivity index (χ1) is 16.2. The predicted molar refractivity (Wildman–Crippen MR) is 118 cm³/mol. The first kappa shape index (κ1) is 23.0. The van der Waals surface area contributed by atoms with Crippen molar-refractivity contribution in [2.24, 2.45) is 0 Å². The fraction of sp³-hybridized carbons (Fsp3) is 0.250. The fourth-order valence-electron chi connectivity index (χ4n) is 3.91. The van der Waals surface area contributed by atoms with E-state index >= 15 is 0 Å². The maximum Gasteiger partial charge on any atom is 0.389 e. The molecule has 4 rings (SSSR count). The summed E-state index contributed by atoms with van der Waals surface area (Å²) in [4.78, 5) is 27.8. The Bertz CT molecular complexity index is 1270. The zero-order valence-corrected chi connectivity index (χ0v) is 18.1. The highest BCUT2D eigenvalue weighted by Crippen LogP contribution is 2.28. The van der Waals surface area contributed by atoms with Gasteiger partial charge in [-0.3, -0.25) is 14.3 Å². The predicted octanol–water partition coefficient (Wildman–Crippen LogP) is 4.55. The molecule has 174 valence electrons. The molecule has 1 N–H and O–H groups in total. The van der Waals surface area contributed by atoms with Gasteiger partial charge in [-0.2, -0.15) is 23.5 Å². The summed E-state index contributed by atoms with van der Waals surface area (Å²) in [7, 11) is 0. The van der Waals surface area contributed by atoms with Gasteiger partial charge < -0.3 is 10.2 Å². The SMILES string of the molecule is CC1Cn2ncc(C(=O)Nc3cccc(C#N)c3)c2C(=O)N1c1ccc(CCC(F)(F)F)cc1. The minimum Gasteiger partial charge on any atom is -0.322 e. The Morgan fingerprint density at radius 3 is 2.65 bits per heavy atom. The van der Waals surface area contributed by atoms with Crippen LogP contribution in [0.25, 0.3) is 0 Å². The number of aryl methyl sites for hydroxylation is 1. The van der Waals surface area contributed by atoms with Gasteiger partial charge in [0.1, 0.15) is 5.69 Å². The van der Waals surface area contributed by atoms with Crippen LogP contribution in [0.2, 0.25) is 0 Å². The van der Waals surface area contributed by atoms with Crippen molar-refractivity contribution in [3.63, 3.8) is 0 Å². The number of halogens is 3. The molecule has 0 bridgehead atoms. The number of nitriles is 1. The number of hydrogen-bond acceptors (Lipinski definition) is 4. The molecule has 1 aliphatic heterocycles. The summed E-state index contributed by atoms with van der Waals surface area (Å²) in [6.45, 7) is 2.17. The molecular weight excluding hydrogens is 447 g/mol. The smallest absolute Gasteiger partial charge is 0.322 e. The maximum atomic E-state index is 13.4. The van der Waals surface area contributed by atoms with E-state index in [-0.39, 0.29) is 23.7 Å². The van der Waals surface area contributed by atoms with E-state index in [2.05, 4.69) is 10.4 Å². The molecule has 34 heavy (non-hydrogen) atoms. The summed E-state index contributed by atoms with van der Waals surface area (Å²) >= 11 is 0. The molecule has 0 saturated carbocycles. The van der Waals surface area contributed by atoms with E-state index in [1.807, 2.05) is 13.0 Å². The Balaban J connectivity index is 1.56. The first-order valence-electron chi connectivity index (χ1n) is 10.5. The topological polar surface area (TPSA) is 91.0 Å². The molecule has 1 aliphatic rings. The molecule has 0 fully saturated rings. The summed E-state index contributed by atoms with van der Waals surface area (Å²) < 4.78 is 39.0. The fourth-order valence-corrected chi connectivity index (χ4v) is 3.91. The van der Waals surface area contributed by atoms with Crippen LogP contribution in [0.1, 0.15) is 45.3 Å². The second-order valence-corrected chi connectivity index (χ2v) is 8.04. The summed E-state index contributed by atoms with van der Waals surface area (Å²) in [5.74, 6) is -0.975. The van der Waals surface area contributed by atoms with E-state index in [0.717, 1.165) is 0 Å². The third kappa shape index (κ3) is 4.78. The normalized spacial score (nSPS) is 15.6. The van der Waals surface area contributed by atoms with E-state index in [0.29, 0.717) is 29.0 Å². The highest BCUT2D eigenvalue weighted by molar-refractivity contribution is 6.15. The molecular formula is C24H20F3N5O2. The van der Waals surface area contributed by atoms with Crippen molar-refractivity contribution >= 4 is 23.2 Å². The van der Waals surface area contributed by atoms with E-state index in [1.165, 1.54) is 21.8 Å². The number of anilines is 2. The largest absolute Gasteiger partial charge is 0.389 e. The lowest BCUT2D eigenvalue weighted by molar-refractivity contribution is -0.134. The van der Waals surface area contributed by atoms with E-state index < -0.39 is 24.4 Å². The van der Waals surface area contributed by atoms with E-state index in [4.69, 9.17) is 5.26 Å². The number of fused-ring (bicyclic) bond motifs is 1. The van der Waals surface area contributed by atoms with E-state index in [9.17, 15) is 22.8 Å². The number of nitrogens with zero attached hydrogens (tertiary/aromatic N) is 4. The molecule has 2 amide bonds. The Labute approximate surface area is 193 Å². The molecule has 0 radical (unpaired) electrons. The van der Waals surface area contributed by atoms with Crippen molar-refractivity contribution in [3.05, 3.63) is 77.1 Å². The lowest BCUT2D eigenvalue weighted by Crippen LogP contribution is -2.47. The van der Waals surface area contributed by atoms with Crippen molar-refractivity contribution in [1.82, 2.24) is 9.78 Å².